The monoisotopic (exact) mass is 303 g/mol. The van der Waals surface area contributed by atoms with E-state index < -0.39 is 0 Å². The zero-order valence-electron chi connectivity index (χ0n) is 12.6. The minimum atomic E-state index is -0.310. The second-order valence-corrected chi connectivity index (χ2v) is 6.12. The lowest BCUT2D eigenvalue weighted by atomic mass is 10.1. The van der Waals surface area contributed by atoms with Gasteiger partial charge in [0, 0.05) is 16.5 Å². The number of aromatic nitrogens is 1. The molecule has 112 valence electrons. The average Bonchev–Trinajstić information content (AvgIpc) is 2.87. The number of nitrogens with one attached hydrogen (secondary N) is 1. The normalized spacial score (nSPS) is 13.9. The quantitative estimate of drug-likeness (QED) is 0.862. The molecule has 0 bridgehead atoms. The van der Waals surface area contributed by atoms with Crippen LogP contribution in [0.15, 0.2) is 30.3 Å². The lowest BCUT2D eigenvalue weighted by Crippen LogP contribution is -2.41. The van der Waals surface area contributed by atoms with E-state index in [1.54, 1.807) is 11.3 Å². The van der Waals surface area contributed by atoms with Gasteiger partial charge in [0.1, 0.15) is 5.01 Å². The third kappa shape index (κ3) is 3.68. The highest BCUT2D eigenvalue weighted by Gasteiger charge is 2.20. The molecule has 0 spiro atoms. The standard InChI is InChI=1S/C16H21N3OS/c1-4-13(15(17)20)18-10(2)14-11(3)19-16(21-14)12-8-6-5-7-9-12/h5-10,13,18H,4H2,1-3H3,(H2,17,20)/t10-,13-/m0/s1. The third-order valence-corrected chi connectivity index (χ3v) is 4.84. The Morgan fingerprint density at radius 3 is 2.62 bits per heavy atom. The van der Waals surface area contributed by atoms with Crippen LogP contribution in [0.25, 0.3) is 10.6 Å². The Morgan fingerprint density at radius 2 is 2.05 bits per heavy atom. The van der Waals surface area contributed by atoms with Gasteiger partial charge in [0.15, 0.2) is 0 Å². The highest BCUT2D eigenvalue weighted by atomic mass is 32.1. The van der Waals surface area contributed by atoms with Crippen molar-refractivity contribution in [3.8, 4) is 10.6 Å². The first-order chi connectivity index (χ1) is 10.0. The number of carbonyl (C=O) groups is 1. The molecule has 1 aromatic carbocycles. The molecule has 0 radical (unpaired) electrons. The molecule has 1 aromatic heterocycles. The Bertz CT molecular complexity index is 609. The second kappa shape index (κ2) is 6.83. The van der Waals surface area contributed by atoms with E-state index in [0.717, 1.165) is 21.1 Å². The number of amides is 1. The van der Waals surface area contributed by atoms with E-state index in [-0.39, 0.29) is 18.0 Å². The Labute approximate surface area is 129 Å². The van der Waals surface area contributed by atoms with Crippen molar-refractivity contribution in [2.45, 2.75) is 39.3 Å². The molecule has 3 N–H and O–H groups in total. The molecule has 4 nitrogen and oxygen atoms in total. The smallest absolute Gasteiger partial charge is 0.234 e. The van der Waals surface area contributed by atoms with Gasteiger partial charge in [-0.1, -0.05) is 37.3 Å². The Kier molecular flexibility index (Phi) is 5.09. The van der Waals surface area contributed by atoms with E-state index in [1.165, 1.54) is 0 Å². The average molecular weight is 303 g/mol. The summed E-state index contributed by atoms with van der Waals surface area (Å²) in [6, 6.07) is 9.87. The van der Waals surface area contributed by atoms with Crippen LogP contribution in [0.5, 0.6) is 0 Å². The molecule has 0 aliphatic heterocycles. The van der Waals surface area contributed by atoms with Crippen LogP contribution in [0.2, 0.25) is 0 Å². The van der Waals surface area contributed by atoms with Crippen molar-refractivity contribution in [2.24, 2.45) is 5.73 Å². The molecule has 2 aromatic rings. The maximum atomic E-state index is 11.4. The second-order valence-electron chi connectivity index (χ2n) is 5.09. The van der Waals surface area contributed by atoms with E-state index in [9.17, 15) is 4.79 Å². The number of hydrogen-bond donors (Lipinski definition) is 2. The van der Waals surface area contributed by atoms with Crippen LogP contribution in [-0.2, 0) is 4.79 Å². The van der Waals surface area contributed by atoms with E-state index in [1.807, 2.05) is 39.0 Å². The summed E-state index contributed by atoms with van der Waals surface area (Å²) >= 11 is 1.66. The van der Waals surface area contributed by atoms with Crippen LogP contribution >= 0.6 is 11.3 Å². The van der Waals surface area contributed by atoms with Crippen molar-refractivity contribution in [3.05, 3.63) is 40.9 Å². The van der Waals surface area contributed by atoms with Crippen LogP contribution in [0.1, 0.15) is 36.9 Å². The van der Waals surface area contributed by atoms with Crippen LogP contribution < -0.4 is 11.1 Å². The number of aryl methyl sites for hydroxylation is 1. The molecule has 0 fully saturated rings. The predicted octanol–water partition coefficient (Wildman–Crippen LogP) is 3.03. The van der Waals surface area contributed by atoms with Crippen LogP contribution in [-0.4, -0.2) is 16.9 Å². The summed E-state index contributed by atoms with van der Waals surface area (Å²) in [7, 11) is 0. The number of rotatable bonds is 6. The lowest BCUT2D eigenvalue weighted by Gasteiger charge is -2.19. The molecule has 0 aliphatic rings. The molecule has 0 saturated carbocycles. The number of nitrogens with two attached hydrogens (primary N) is 1. The van der Waals surface area contributed by atoms with Crippen molar-refractivity contribution in [3.63, 3.8) is 0 Å². The fourth-order valence-corrected chi connectivity index (χ4v) is 3.38. The first-order valence-electron chi connectivity index (χ1n) is 7.11. The van der Waals surface area contributed by atoms with Crippen LogP contribution in [0.3, 0.4) is 0 Å². The number of primary amides is 1. The highest BCUT2D eigenvalue weighted by molar-refractivity contribution is 7.15. The van der Waals surface area contributed by atoms with E-state index in [4.69, 9.17) is 5.73 Å². The highest BCUT2D eigenvalue weighted by Crippen LogP contribution is 2.31. The van der Waals surface area contributed by atoms with Gasteiger partial charge < -0.3 is 5.73 Å². The minimum absolute atomic E-state index is 0.0532. The minimum Gasteiger partial charge on any atom is -0.368 e. The van der Waals surface area contributed by atoms with E-state index >= 15 is 0 Å². The van der Waals surface area contributed by atoms with E-state index in [2.05, 4.69) is 22.4 Å². The Morgan fingerprint density at radius 1 is 1.38 bits per heavy atom. The molecule has 0 unspecified atom stereocenters. The molecular formula is C16H21N3OS. The summed E-state index contributed by atoms with van der Waals surface area (Å²) in [4.78, 5) is 17.1. The molecule has 0 saturated heterocycles. The topological polar surface area (TPSA) is 68.0 Å². The van der Waals surface area contributed by atoms with Crippen molar-refractivity contribution >= 4 is 17.2 Å². The van der Waals surface area contributed by atoms with Gasteiger partial charge in [-0.3, -0.25) is 10.1 Å². The zero-order chi connectivity index (χ0) is 15.4. The van der Waals surface area contributed by atoms with Crippen molar-refractivity contribution in [1.82, 2.24) is 10.3 Å². The molecule has 0 aliphatic carbocycles. The third-order valence-electron chi connectivity index (χ3n) is 3.45. The molecule has 2 atom stereocenters. The van der Waals surface area contributed by atoms with Crippen LogP contribution in [0, 0.1) is 6.92 Å². The van der Waals surface area contributed by atoms with Gasteiger partial charge in [-0.25, -0.2) is 4.98 Å². The van der Waals surface area contributed by atoms with Gasteiger partial charge in [0.25, 0.3) is 0 Å². The summed E-state index contributed by atoms with van der Waals surface area (Å²) in [5, 5.41) is 4.29. The molecule has 1 heterocycles. The van der Waals surface area contributed by atoms with Crippen molar-refractivity contribution in [2.75, 3.05) is 0 Å². The van der Waals surface area contributed by atoms with Crippen LogP contribution in [0.4, 0.5) is 0 Å². The van der Waals surface area contributed by atoms with Crippen molar-refractivity contribution < 1.29 is 4.79 Å². The fourth-order valence-electron chi connectivity index (χ4n) is 2.29. The first-order valence-corrected chi connectivity index (χ1v) is 7.92. The zero-order valence-corrected chi connectivity index (χ0v) is 13.4. The molecule has 21 heavy (non-hydrogen) atoms. The lowest BCUT2D eigenvalue weighted by molar-refractivity contribution is -0.120. The number of nitrogens with zero attached hydrogens (tertiary/aromatic N) is 1. The molecule has 5 heteroatoms. The maximum absolute atomic E-state index is 11.4. The summed E-state index contributed by atoms with van der Waals surface area (Å²) < 4.78 is 0. The largest absolute Gasteiger partial charge is 0.368 e. The first kappa shape index (κ1) is 15.7. The SMILES string of the molecule is CC[C@H](N[C@@H](C)c1sc(-c2ccccc2)nc1C)C(N)=O. The number of thiazole rings is 1. The summed E-state index contributed by atoms with van der Waals surface area (Å²) in [6.45, 7) is 5.99. The van der Waals surface area contributed by atoms with Gasteiger partial charge in [-0.2, -0.15) is 0 Å². The summed E-state index contributed by atoms with van der Waals surface area (Å²) in [6.07, 6.45) is 0.684. The van der Waals surface area contributed by atoms with Gasteiger partial charge in [-0.15, -0.1) is 11.3 Å². The summed E-state index contributed by atoms with van der Waals surface area (Å²) in [5.41, 5.74) is 7.51. The fraction of sp³-hybridized carbons (Fsp3) is 0.375. The Balaban J connectivity index is 2.21. The number of benzene rings is 1. The van der Waals surface area contributed by atoms with E-state index in [0.29, 0.717) is 6.42 Å². The van der Waals surface area contributed by atoms with Gasteiger partial charge in [-0.05, 0) is 20.3 Å². The maximum Gasteiger partial charge on any atom is 0.234 e. The predicted molar refractivity (Wildman–Crippen MR) is 87.1 cm³/mol. The molecular weight excluding hydrogens is 282 g/mol. The van der Waals surface area contributed by atoms with Gasteiger partial charge >= 0.3 is 0 Å². The number of hydrogen-bond acceptors (Lipinski definition) is 4. The van der Waals surface area contributed by atoms with Gasteiger partial charge in [0.05, 0.1) is 11.7 Å². The van der Waals surface area contributed by atoms with Crippen molar-refractivity contribution in [1.29, 1.82) is 0 Å². The summed E-state index contributed by atoms with van der Waals surface area (Å²) in [5.74, 6) is -0.310. The molecule has 1 amide bonds. The Hall–Kier alpha value is -1.72. The van der Waals surface area contributed by atoms with Gasteiger partial charge in [0.2, 0.25) is 5.91 Å². The number of carbonyl (C=O) groups excluding carboxylic acids is 1. The molecule has 2 rings (SSSR count).